The Kier molecular flexibility index (Phi) is 2.45. The summed E-state index contributed by atoms with van der Waals surface area (Å²) in [4.78, 5) is 14.5. The number of aromatic nitrogens is 2. The minimum absolute atomic E-state index is 0.204. The number of hydrogen-bond donors (Lipinski definition) is 0. The highest BCUT2D eigenvalue weighted by Crippen LogP contribution is 2.41. The van der Waals surface area contributed by atoms with Gasteiger partial charge in [-0.1, -0.05) is 0 Å². The third-order valence-electron chi connectivity index (χ3n) is 3.93. The lowest BCUT2D eigenvalue weighted by Gasteiger charge is -2.15. The Balaban J connectivity index is 1.97. The molecule has 1 aliphatic carbocycles. The number of nitrogens with zero attached hydrogens (tertiary/aromatic N) is 3. The standard InChI is InChI=1S/C13H19N3O/c1-9-11(13(17)16-7-3-4-8-16)12(10-5-6-10)14-15(9)2/h10H,3-8H2,1-2H3. The Labute approximate surface area is 102 Å². The van der Waals surface area contributed by atoms with Crippen LogP contribution in [0, 0.1) is 6.92 Å². The molecule has 0 bridgehead atoms. The first-order chi connectivity index (χ1) is 8.18. The topological polar surface area (TPSA) is 38.1 Å². The molecular weight excluding hydrogens is 214 g/mol. The Morgan fingerprint density at radius 1 is 1.29 bits per heavy atom. The Bertz CT molecular complexity index is 453. The minimum Gasteiger partial charge on any atom is -0.339 e. The van der Waals surface area contributed by atoms with Crippen LogP contribution in [0.4, 0.5) is 0 Å². The Morgan fingerprint density at radius 2 is 1.94 bits per heavy atom. The lowest BCUT2D eigenvalue weighted by atomic mass is 10.1. The molecule has 2 heterocycles. The summed E-state index contributed by atoms with van der Waals surface area (Å²) in [6, 6.07) is 0. The summed E-state index contributed by atoms with van der Waals surface area (Å²) in [6.07, 6.45) is 4.67. The number of rotatable bonds is 2. The lowest BCUT2D eigenvalue weighted by molar-refractivity contribution is 0.0791. The SMILES string of the molecule is Cc1c(C(=O)N2CCCC2)c(C2CC2)nn1C. The molecule has 1 saturated heterocycles. The molecule has 2 fully saturated rings. The van der Waals surface area contributed by atoms with E-state index in [1.165, 1.54) is 12.8 Å². The molecule has 1 saturated carbocycles. The van der Waals surface area contributed by atoms with Gasteiger partial charge in [0, 0.05) is 31.7 Å². The summed E-state index contributed by atoms with van der Waals surface area (Å²) >= 11 is 0. The second kappa shape index (κ2) is 3.86. The lowest BCUT2D eigenvalue weighted by Crippen LogP contribution is -2.28. The first-order valence-electron chi connectivity index (χ1n) is 6.51. The van der Waals surface area contributed by atoms with Gasteiger partial charge in [-0.15, -0.1) is 0 Å². The van der Waals surface area contributed by atoms with Crippen molar-refractivity contribution in [3.63, 3.8) is 0 Å². The summed E-state index contributed by atoms with van der Waals surface area (Å²) in [5.41, 5.74) is 2.95. The molecule has 1 aromatic rings. The van der Waals surface area contributed by atoms with Crippen LogP contribution in [0.1, 0.15) is 53.3 Å². The van der Waals surface area contributed by atoms with Crippen LogP contribution in [-0.2, 0) is 7.05 Å². The van der Waals surface area contributed by atoms with Crippen LogP contribution >= 0.6 is 0 Å². The normalized spacial score (nSPS) is 20.0. The molecular formula is C13H19N3O. The van der Waals surface area contributed by atoms with Crippen LogP contribution < -0.4 is 0 Å². The van der Waals surface area contributed by atoms with Gasteiger partial charge in [-0.05, 0) is 32.6 Å². The monoisotopic (exact) mass is 233 g/mol. The molecule has 0 N–H and O–H groups in total. The molecule has 1 aromatic heterocycles. The summed E-state index contributed by atoms with van der Waals surface area (Å²) in [7, 11) is 1.93. The predicted molar refractivity (Wildman–Crippen MR) is 65.1 cm³/mol. The third kappa shape index (κ3) is 1.75. The van der Waals surface area contributed by atoms with E-state index in [0.29, 0.717) is 5.92 Å². The second-order valence-corrected chi connectivity index (χ2v) is 5.24. The summed E-state index contributed by atoms with van der Waals surface area (Å²) in [5.74, 6) is 0.742. The third-order valence-corrected chi connectivity index (χ3v) is 3.93. The first kappa shape index (κ1) is 10.8. The van der Waals surface area contributed by atoms with E-state index in [0.717, 1.165) is 42.9 Å². The van der Waals surface area contributed by atoms with Crippen molar-refractivity contribution in [3.05, 3.63) is 17.0 Å². The van der Waals surface area contributed by atoms with E-state index in [2.05, 4.69) is 5.10 Å². The number of amides is 1. The van der Waals surface area contributed by atoms with Crippen molar-refractivity contribution in [3.8, 4) is 0 Å². The van der Waals surface area contributed by atoms with E-state index in [1.54, 1.807) is 0 Å². The highest BCUT2D eigenvalue weighted by atomic mass is 16.2. The molecule has 0 aromatic carbocycles. The van der Waals surface area contributed by atoms with E-state index in [4.69, 9.17) is 0 Å². The van der Waals surface area contributed by atoms with Gasteiger partial charge in [0.2, 0.25) is 0 Å². The summed E-state index contributed by atoms with van der Waals surface area (Å²) in [6.45, 7) is 3.83. The molecule has 1 amide bonds. The first-order valence-corrected chi connectivity index (χ1v) is 6.51. The average molecular weight is 233 g/mol. The van der Waals surface area contributed by atoms with Crippen LogP contribution in [0.2, 0.25) is 0 Å². The highest BCUT2D eigenvalue weighted by Gasteiger charge is 2.34. The van der Waals surface area contributed by atoms with E-state index in [9.17, 15) is 4.79 Å². The van der Waals surface area contributed by atoms with Gasteiger partial charge in [-0.3, -0.25) is 9.48 Å². The van der Waals surface area contributed by atoms with Gasteiger partial charge in [0.15, 0.2) is 0 Å². The molecule has 3 rings (SSSR count). The number of carbonyl (C=O) groups is 1. The van der Waals surface area contributed by atoms with Crippen molar-refractivity contribution in [2.24, 2.45) is 7.05 Å². The van der Waals surface area contributed by atoms with Crippen LogP contribution in [0.3, 0.4) is 0 Å². The van der Waals surface area contributed by atoms with Gasteiger partial charge in [-0.25, -0.2) is 0 Å². The molecule has 92 valence electrons. The maximum Gasteiger partial charge on any atom is 0.257 e. The summed E-state index contributed by atoms with van der Waals surface area (Å²) < 4.78 is 1.86. The zero-order valence-corrected chi connectivity index (χ0v) is 10.6. The fraction of sp³-hybridized carbons (Fsp3) is 0.692. The largest absolute Gasteiger partial charge is 0.339 e. The average Bonchev–Trinajstić information content (AvgIpc) is 2.92. The smallest absolute Gasteiger partial charge is 0.257 e. The van der Waals surface area contributed by atoms with Crippen LogP contribution in [0.15, 0.2) is 0 Å². The molecule has 0 unspecified atom stereocenters. The van der Waals surface area contributed by atoms with Crippen molar-refractivity contribution >= 4 is 5.91 Å². The Morgan fingerprint density at radius 3 is 2.53 bits per heavy atom. The van der Waals surface area contributed by atoms with Crippen LogP contribution in [-0.4, -0.2) is 33.7 Å². The van der Waals surface area contributed by atoms with Crippen molar-refractivity contribution in [1.29, 1.82) is 0 Å². The summed E-state index contributed by atoms with van der Waals surface area (Å²) in [5, 5.41) is 4.53. The maximum atomic E-state index is 12.5. The molecule has 0 atom stereocenters. The zero-order chi connectivity index (χ0) is 12.0. The van der Waals surface area contributed by atoms with Crippen molar-refractivity contribution < 1.29 is 4.79 Å². The fourth-order valence-electron chi connectivity index (χ4n) is 2.62. The molecule has 1 aliphatic heterocycles. The number of hydrogen-bond acceptors (Lipinski definition) is 2. The molecule has 4 nitrogen and oxygen atoms in total. The molecule has 2 aliphatic rings. The molecule has 17 heavy (non-hydrogen) atoms. The van der Waals surface area contributed by atoms with Crippen molar-refractivity contribution in [2.75, 3.05) is 13.1 Å². The zero-order valence-electron chi connectivity index (χ0n) is 10.6. The van der Waals surface area contributed by atoms with Gasteiger partial charge in [0.05, 0.1) is 11.3 Å². The van der Waals surface area contributed by atoms with Gasteiger partial charge in [-0.2, -0.15) is 5.10 Å². The van der Waals surface area contributed by atoms with Gasteiger partial charge < -0.3 is 4.90 Å². The van der Waals surface area contributed by atoms with E-state index < -0.39 is 0 Å². The number of likely N-dealkylation sites (tertiary alicyclic amines) is 1. The van der Waals surface area contributed by atoms with Crippen molar-refractivity contribution in [1.82, 2.24) is 14.7 Å². The van der Waals surface area contributed by atoms with Crippen molar-refractivity contribution in [2.45, 2.75) is 38.5 Å². The molecule has 0 spiro atoms. The number of carbonyl (C=O) groups excluding carboxylic acids is 1. The van der Waals surface area contributed by atoms with Crippen LogP contribution in [0.25, 0.3) is 0 Å². The molecule has 4 heteroatoms. The van der Waals surface area contributed by atoms with E-state index >= 15 is 0 Å². The van der Waals surface area contributed by atoms with Gasteiger partial charge >= 0.3 is 0 Å². The van der Waals surface area contributed by atoms with Gasteiger partial charge in [0.25, 0.3) is 5.91 Å². The fourth-order valence-corrected chi connectivity index (χ4v) is 2.62. The second-order valence-electron chi connectivity index (χ2n) is 5.24. The molecule has 0 radical (unpaired) electrons. The van der Waals surface area contributed by atoms with Crippen LogP contribution in [0.5, 0.6) is 0 Å². The van der Waals surface area contributed by atoms with E-state index in [1.807, 2.05) is 23.6 Å². The minimum atomic E-state index is 0.204. The predicted octanol–water partition coefficient (Wildman–Crippen LogP) is 1.84. The Hall–Kier alpha value is -1.32. The number of aryl methyl sites for hydroxylation is 1. The quantitative estimate of drug-likeness (QED) is 0.781. The van der Waals surface area contributed by atoms with Gasteiger partial charge in [0.1, 0.15) is 0 Å². The highest BCUT2D eigenvalue weighted by molar-refractivity contribution is 5.97. The van der Waals surface area contributed by atoms with E-state index in [-0.39, 0.29) is 5.91 Å². The maximum absolute atomic E-state index is 12.5.